The predicted octanol–water partition coefficient (Wildman–Crippen LogP) is 4.91. The van der Waals surface area contributed by atoms with Crippen molar-refractivity contribution in [3.63, 3.8) is 0 Å². The molecule has 1 N–H and O–H groups in total. The lowest BCUT2D eigenvalue weighted by atomic mass is 9.93. The van der Waals surface area contributed by atoms with Gasteiger partial charge in [0.05, 0.1) is 6.04 Å². The van der Waals surface area contributed by atoms with Crippen LogP contribution >= 0.6 is 11.3 Å². The highest BCUT2D eigenvalue weighted by Gasteiger charge is 2.31. The van der Waals surface area contributed by atoms with E-state index < -0.39 is 0 Å². The highest BCUT2D eigenvalue weighted by atomic mass is 32.1. The van der Waals surface area contributed by atoms with Crippen molar-refractivity contribution in [2.45, 2.75) is 25.8 Å². The first-order chi connectivity index (χ1) is 17.5. The molecule has 8 heteroatoms. The van der Waals surface area contributed by atoms with Crippen molar-refractivity contribution >= 4 is 29.0 Å². The zero-order valence-corrected chi connectivity index (χ0v) is 21.3. The lowest BCUT2D eigenvalue weighted by Crippen LogP contribution is -2.52. The van der Waals surface area contributed by atoms with Crippen LogP contribution in [0.4, 0.5) is 14.9 Å². The van der Waals surface area contributed by atoms with Crippen LogP contribution in [-0.2, 0) is 11.2 Å². The number of hydrogen-bond donors (Lipinski definition) is 1. The van der Waals surface area contributed by atoms with Crippen LogP contribution in [0.15, 0.2) is 60.0 Å². The predicted molar refractivity (Wildman–Crippen MR) is 141 cm³/mol. The van der Waals surface area contributed by atoms with Crippen LogP contribution in [0.25, 0.3) is 0 Å². The maximum absolute atomic E-state index is 14.0. The minimum Gasteiger partial charge on any atom is -0.339 e. The first-order valence-electron chi connectivity index (χ1n) is 12.4. The molecule has 36 heavy (non-hydrogen) atoms. The summed E-state index contributed by atoms with van der Waals surface area (Å²) < 4.78 is 14.0. The van der Waals surface area contributed by atoms with Gasteiger partial charge in [-0.15, -0.1) is 11.3 Å². The Morgan fingerprint density at radius 3 is 2.50 bits per heavy atom. The van der Waals surface area contributed by atoms with E-state index >= 15 is 0 Å². The van der Waals surface area contributed by atoms with E-state index in [1.54, 1.807) is 28.4 Å². The van der Waals surface area contributed by atoms with Gasteiger partial charge in [-0.2, -0.15) is 0 Å². The SMILES string of the molecule is Cc1ccc(NC(=O)N2CCN(C(=O)CCN3CCc4sccc4[C@H]3c3cccc(F)c3)CC2)cc1. The third-order valence-electron chi connectivity index (χ3n) is 7.07. The van der Waals surface area contributed by atoms with Gasteiger partial charge in [-0.25, -0.2) is 9.18 Å². The molecule has 5 rings (SSSR count). The number of carbonyl (C=O) groups excluding carboxylic acids is 2. The highest BCUT2D eigenvalue weighted by Crippen LogP contribution is 2.38. The number of piperazine rings is 1. The van der Waals surface area contributed by atoms with Crippen molar-refractivity contribution in [1.29, 1.82) is 0 Å². The second kappa shape index (κ2) is 10.8. The molecule has 3 amide bonds. The van der Waals surface area contributed by atoms with Gasteiger partial charge in [-0.05, 0) is 60.2 Å². The smallest absolute Gasteiger partial charge is 0.321 e. The molecule has 0 spiro atoms. The van der Waals surface area contributed by atoms with Gasteiger partial charge < -0.3 is 15.1 Å². The summed E-state index contributed by atoms with van der Waals surface area (Å²) >= 11 is 1.75. The summed E-state index contributed by atoms with van der Waals surface area (Å²) in [7, 11) is 0. The molecule has 0 radical (unpaired) electrons. The van der Waals surface area contributed by atoms with Crippen LogP contribution in [0, 0.1) is 12.7 Å². The maximum Gasteiger partial charge on any atom is 0.321 e. The zero-order valence-electron chi connectivity index (χ0n) is 20.5. The minimum absolute atomic E-state index is 0.0363. The number of hydrogen-bond acceptors (Lipinski definition) is 4. The number of nitrogens with one attached hydrogen (secondary N) is 1. The Bertz CT molecular complexity index is 1220. The normalized spacial score (nSPS) is 18.1. The first-order valence-corrected chi connectivity index (χ1v) is 13.3. The fourth-order valence-corrected chi connectivity index (χ4v) is 5.98. The Morgan fingerprint density at radius 2 is 1.75 bits per heavy atom. The number of urea groups is 1. The molecular weight excluding hydrogens is 475 g/mol. The third-order valence-corrected chi connectivity index (χ3v) is 8.06. The molecule has 2 aliphatic rings. The van der Waals surface area contributed by atoms with Crippen molar-refractivity contribution < 1.29 is 14.0 Å². The molecule has 3 aromatic rings. The second-order valence-electron chi connectivity index (χ2n) is 9.46. The van der Waals surface area contributed by atoms with E-state index in [1.165, 1.54) is 16.5 Å². The van der Waals surface area contributed by atoms with Gasteiger partial charge >= 0.3 is 6.03 Å². The van der Waals surface area contributed by atoms with E-state index in [9.17, 15) is 14.0 Å². The number of halogens is 1. The first kappa shape index (κ1) is 24.5. The van der Waals surface area contributed by atoms with E-state index in [0.29, 0.717) is 39.1 Å². The van der Waals surface area contributed by atoms with E-state index in [-0.39, 0.29) is 23.8 Å². The number of carbonyl (C=O) groups is 2. The van der Waals surface area contributed by atoms with Crippen LogP contribution < -0.4 is 5.32 Å². The standard InChI is InChI=1S/C28H31FN4O2S/c1-20-5-7-23(8-6-20)30-28(35)33-16-14-31(15-17-33)26(34)10-13-32-12-9-25-24(11-18-36-25)27(32)21-3-2-4-22(29)19-21/h2-8,11,18-19,27H,9-10,12-17H2,1H3,(H,30,35)/t27-/m1/s1. The van der Waals surface area contributed by atoms with Gasteiger partial charge in [-0.3, -0.25) is 9.69 Å². The summed E-state index contributed by atoms with van der Waals surface area (Å²) in [6, 6.07) is 16.5. The van der Waals surface area contributed by atoms with Crippen molar-refractivity contribution in [3.05, 3.63) is 87.4 Å². The average Bonchev–Trinajstić information content (AvgIpc) is 3.37. The lowest BCUT2D eigenvalue weighted by molar-refractivity contribution is -0.133. The van der Waals surface area contributed by atoms with Crippen LogP contribution in [0.5, 0.6) is 0 Å². The quantitative estimate of drug-likeness (QED) is 0.535. The van der Waals surface area contributed by atoms with Crippen LogP contribution in [0.1, 0.15) is 34.0 Å². The Hall–Kier alpha value is -3.23. The Morgan fingerprint density at radius 1 is 1.00 bits per heavy atom. The number of rotatable bonds is 5. The Kier molecular flexibility index (Phi) is 7.34. The van der Waals surface area contributed by atoms with Gasteiger partial charge in [0.15, 0.2) is 0 Å². The van der Waals surface area contributed by atoms with Crippen LogP contribution in [-0.4, -0.2) is 65.9 Å². The van der Waals surface area contributed by atoms with Crippen molar-refractivity contribution in [3.8, 4) is 0 Å². The number of nitrogens with zero attached hydrogens (tertiary/aromatic N) is 3. The van der Waals surface area contributed by atoms with Gasteiger partial charge in [0.1, 0.15) is 5.82 Å². The molecule has 1 aromatic heterocycles. The molecule has 1 saturated heterocycles. The van der Waals surface area contributed by atoms with Crippen molar-refractivity contribution in [2.24, 2.45) is 0 Å². The van der Waals surface area contributed by atoms with Gasteiger partial charge in [0.2, 0.25) is 5.91 Å². The molecule has 0 aliphatic carbocycles. The van der Waals surface area contributed by atoms with E-state index in [4.69, 9.17) is 0 Å². The number of anilines is 1. The monoisotopic (exact) mass is 506 g/mol. The number of thiophene rings is 1. The largest absolute Gasteiger partial charge is 0.339 e. The molecule has 2 aromatic carbocycles. The Labute approximate surface area is 215 Å². The Balaban J connectivity index is 1.16. The van der Waals surface area contributed by atoms with E-state index in [2.05, 4.69) is 21.7 Å². The van der Waals surface area contributed by atoms with Crippen LogP contribution in [0.3, 0.4) is 0 Å². The highest BCUT2D eigenvalue weighted by molar-refractivity contribution is 7.10. The summed E-state index contributed by atoms with van der Waals surface area (Å²) in [6.45, 7) is 5.55. The number of amides is 3. The number of fused-ring (bicyclic) bond motifs is 1. The third kappa shape index (κ3) is 5.44. The molecule has 1 atom stereocenters. The minimum atomic E-state index is -0.241. The fraction of sp³-hybridized carbons (Fsp3) is 0.357. The molecule has 2 aliphatic heterocycles. The summed E-state index contributed by atoms with van der Waals surface area (Å²) in [5.41, 5.74) is 4.06. The summed E-state index contributed by atoms with van der Waals surface area (Å²) in [5, 5.41) is 5.03. The zero-order chi connectivity index (χ0) is 25.1. The van der Waals surface area contributed by atoms with Crippen LogP contribution in [0.2, 0.25) is 0 Å². The average molecular weight is 507 g/mol. The molecule has 188 valence electrons. The van der Waals surface area contributed by atoms with E-state index in [1.807, 2.05) is 42.2 Å². The summed E-state index contributed by atoms with van der Waals surface area (Å²) in [5.74, 6) is -0.141. The molecule has 0 bridgehead atoms. The fourth-order valence-electron chi connectivity index (χ4n) is 5.07. The molecule has 6 nitrogen and oxygen atoms in total. The topological polar surface area (TPSA) is 55.9 Å². The van der Waals surface area contributed by atoms with Crippen molar-refractivity contribution in [1.82, 2.24) is 14.7 Å². The molecule has 3 heterocycles. The van der Waals surface area contributed by atoms with E-state index in [0.717, 1.165) is 29.8 Å². The van der Waals surface area contributed by atoms with Gasteiger partial charge in [0.25, 0.3) is 0 Å². The summed E-state index contributed by atoms with van der Waals surface area (Å²) in [4.78, 5) is 32.9. The second-order valence-corrected chi connectivity index (χ2v) is 10.5. The van der Waals surface area contributed by atoms with Gasteiger partial charge in [-0.1, -0.05) is 29.8 Å². The summed E-state index contributed by atoms with van der Waals surface area (Å²) in [6.07, 6.45) is 1.35. The van der Waals surface area contributed by atoms with Gasteiger partial charge in [0, 0.05) is 56.3 Å². The number of benzene rings is 2. The molecular formula is C28H31FN4O2S. The number of aryl methyl sites for hydroxylation is 1. The van der Waals surface area contributed by atoms with Crippen molar-refractivity contribution in [2.75, 3.05) is 44.6 Å². The molecule has 1 fully saturated rings. The molecule has 0 unspecified atom stereocenters. The maximum atomic E-state index is 14.0. The lowest BCUT2D eigenvalue weighted by Gasteiger charge is -2.38. The molecule has 0 saturated carbocycles.